The fraction of sp³-hybridized carbons (Fsp3) is 0.515. The smallest absolute Gasteiger partial charge is 0.256 e. The van der Waals surface area contributed by atoms with Gasteiger partial charge in [0, 0.05) is 60.0 Å². The van der Waals surface area contributed by atoms with E-state index >= 15 is 0 Å². The van der Waals surface area contributed by atoms with Crippen molar-refractivity contribution in [3.05, 3.63) is 59.3 Å². The molecule has 2 saturated heterocycles. The van der Waals surface area contributed by atoms with E-state index in [2.05, 4.69) is 24.1 Å². The van der Waals surface area contributed by atoms with Crippen molar-refractivity contribution in [2.45, 2.75) is 84.8 Å². The Labute approximate surface area is 247 Å². The third kappa shape index (κ3) is 5.46. The zero-order valence-electron chi connectivity index (χ0n) is 25.5. The Morgan fingerprint density at radius 3 is 2.48 bits per heavy atom. The van der Waals surface area contributed by atoms with Gasteiger partial charge in [-0.05, 0) is 91.5 Å². The van der Waals surface area contributed by atoms with Crippen LogP contribution in [-0.2, 0) is 4.79 Å². The van der Waals surface area contributed by atoms with Crippen LogP contribution in [0.25, 0.3) is 16.6 Å². The van der Waals surface area contributed by atoms with Crippen LogP contribution in [0.1, 0.15) is 86.7 Å². The number of likely N-dealkylation sites (tertiary alicyclic amines) is 1. The first kappa shape index (κ1) is 29.9. The topological polar surface area (TPSA) is 87.5 Å². The summed E-state index contributed by atoms with van der Waals surface area (Å²) in [6.45, 7) is 13.5. The Balaban J connectivity index is 1.46. The molecule has 0 radical (unpaired) electrons. The van der Waals surface area contributed by atoms with E-state index in [9.17, 15) is 18.8 Å². The molecule has 0 aliphatic carbocycles. The molecular formula is C33H42FN5O3. The van der Waals surface area contributed by atoms with Gasteiger partial charge in [-0.1, -0.05) is 0 Å². The summed E-state index contributed by atoms with van der Waals surface area (Å²) in [5.74, 6) is -0.831. The number of fused-ring (bicyclic) bond motifs is 1. The number of aromatic nitrogens is 2. The Morgan fingerprint density at radius 2 is 1.86 bits per heavy atom. The molecule has 1 atom stereocenters. The molecule has 2 aliphatic rings. The summed E-state index contributed by atoms with van der Waals surface area (Å²) in [5.41, 5.74) is 2.69. The molecule has 2 fully saturated rings. The zero-order valence-corrected chi connectivity index (χ0v) is 25.5. The second kappa shape index (κ2) is 11.6. The highest BCUT2D eigenvalue weighted by Gasteiger charge is 2.38. The number of benzene rings is 1. The fourth-order valence-electron chi connectivity index (χ4n) is 6.75. The van der Waals surface area contributed by atoms with Crippen LogP contribution in [0.4, 0.5) is 4.39 Å². The second-order valence-corrected chi connectivity index (χ2v) is 12.6. The van der Waals surface area contributed by atoms with E-state index in [0.29, 0.717) is 54.9 Å². The fourth-order valence-corrected chi connectivity index (χ4v) is 6.75. The number of ketones is 1. The van der Waals surface area contributed by atoms with Crippen molar-refractivity contribution in [1.82, 2.24) is 24.7 Å². The Kier molecular flexibility index (Phi) is 8.25. The summed E-state index contributed by atoms with van der Waals surface area (Å²) < 4.78 is 16.4. The Hall–Kier alpha value is -3.59. The van der Waals surface area contributed by atoms with Crippen LogP contribution in [0.15, 0.2) is 36.7 Å². The van der Waals surface area contributed by atoms with E-state index in [1.165, 1.54) is 12.1 Å². The van der Waals surface area contributed by atoms with Crippen LogP contribution in [0, 0.1) is 18.7 Å². The Morgan fingerprint density at radius 1 is 1.14 bits per heavy atom. The van der Waals surface area contributed by atoms with Gasteiger partial charge in [-0.3, -0.25) is 19.4 Å². The lowest BCUT2D eigenvalue weighted by molar-refractivity contribution is -0.134. The molecule has 2 aromatic heterocycles. The lowest BCUT2D eigenvalue weighted by Crippen LogP contribution is -2.50. The van der Waals surface area contributed by atoms with E-state index in [1.54, 1.807) is 23.4 Å². The predicted octanol–water partition coefficient (Wildman–Crippen LogP) is 5.30. The van der Waals surface area contributed by atoms with Gasteiger partial charge in [0.1, 0.15) is 5.82 Å². The number of halogens is 1. The monoisotopic (exact) mass is 575 g/mol. The first-order chi connectivity index (χ1) is 19.9. The number of nitrogens with zero attached hydrogens (tertiary/aromatic N) is 4. The molecule has 0 bridgehead atoms. The zero-order chi connectivity index (χ0) is 30.3. The van der Waals surface area contributed by atoms with Crippen molar-refractivity contribution in [2.24, 2.45) is 5.92 Å². The molecule has 0 saturated carbocycles. The molecular weight excluding hydrogens is 533 g/mol. The van der Waals surface area contributed by atoms with Gasteiger partial charge in [-0.25, -0.2) is 4.39 Å². The molecule has 1 aromatic carbocycles. The normalized spacial score (nSPS) is 19.0. The van der Waals surface area contributed by atoms with Gasteiger partial charge < -0.3 is 19.7 Å². The summed E-state index contributed by atoms with van der Waals surface area (Å²) in [6.07, 6.45) is 6.34. The van der Waals surface area contributed by atoms with Gasteiger partial charge in [0.15, 0.2) is 5.78 Å². The van der Waals surface area contributed by atoms with Crippen LogP contribution in [0.2, 0.25) is 0 Å². The third-order valence-corrected chi connectivity index (χ3v) is 9.01. The minimum atomic E-state index is -0.497. The van der Waals surface area contributed by atoms with Gasteiger partial charge in [0.25, 0.3) is 5.91 Å². The summed E-state index contributed by atoms with van der Waals surface area (Å²) in [5, 5.41) is 4.20. The summed E-state index contributed by atoms with van der Waals surface area (Å²) in [7, 11) is 0. The maximum Gasteiger partial charge on any atom is 0.256 e. The molecule has 8 nitrogen and oxygen atoms in total. The molecule has 0 unspecified atom stereocenters. The highest BCUT2D eigenvalue weighted by Crippen LogP contribution is 2.35. The molecule has 0 spiro atoms. The van der Waals surface area contributed by atoms with Gasteiger partial charge in [-0.15, -0.1) is 0 Å². The average molecular weight is 576 g/mol. The SMILES string of the molecule is CCN(C(=O)c1cc(F)ccc1-n1c(C)c(C(=O)C2CCN(C(=O)[C@H]3CCC(C)(C)N3)CC2)c2ccncc21)C(C)C. The van der Waals surface area contributed by atoms with E-state index in [1.807, 2.05) is 43.2 Å². The van der Waals surface area contributed by atoms with Crippen molar-refractivity contribution in [2.75, 3.05) is 19.6 Å². The number of hydrogen-bond donors (Lipinski definition) is 1. The molecule has 42 heavy (non-hydrogen) atoms. The third-order valence-electron chi connectivity index (χ3n) is 9.01. The van der Waals surface area contributed by atoms with Crippen molar-refractivity contribution in [1.29, 1.82) is 0 Å². The number of piperidine rings is 1. The Bertz CT molecular complexity index is 1520. The number of hydrogen-bond acceptors (Lipinski definition) is 5. The molecule has 4 heterocycles. The minimum Gasteiger partial charge on any atom is -0.341 e. The summed E-state index contributed by atoms with van der Waals surface area (Å²) in [4.78, 5) is 48.8. The van der Waals surface area contributed by atoms with Gasteiger partial charge in [0.05, 0.1) is 29.0 Å². The van der Waals surface area contributed by atoms with Crippen LogP contribution in [0.3, 0.4) is 0 Å². The predicted molar refractivity (Wildman–Crippen MR) is 161 cm³/mol. The lowest BCUT2D eigenvalue weighted by Gasteiger charge is -2.33. The molecule has 9 heteroatoms. The molecule has 2 aliphatic heterocycles. The van der Waals surface area contributed by atoms with Crippen LogP contribution in [-0.4, -0.2) is 74.2 Å². The van der Waals surface area contributed by atoms with E-state index < -0.39 is 5.82 Å². The second-order valence-electron chi connectivity index (χ2n) is 12.6. The molecule has 5 rings (SSSR count). The van der Waals surface area contributed by atoms with Crippen LogP contribution < -0.4 is 5.32 Å². The number of carbonyl (C=O) groups excluding carboxylic acids is 3. The highest BCUT2D eigenvalue weighted by atomic mass is 19.1. The van der Waals surface area contributed by atoms with Crippen LogP contribution >= 0.6 is 0 Å². The number of rotatable bonds is 7. The number of carbonyl (C=O) groups is 3. The van der Waals surface area contributed by atoms with Gasteiger partial charge >= 0.3 is 0 Å². The molecule has 2 amide bonds. The highest BCUT2D eigenvalue weighted by molar-refractivity contribution is 6.11. The standard InChI is InChI=1S/C33H42FN5O3/c1-7-38(20(2)3)31(41)25-18-23(34)8-9-27(25)39-21(4)29(24-11-15-35-19-28(24)39)30(40)22-12-16-37(17-13-22)32(42)26-10-14-33(5,6)36-26/h8-9,11,15,18-20,22,26,36H,7,10,12-14,16-17H2,1-6H3/t26-/m1/s1. The first-order valence-electron chi connectivity index (χ1n) is 15.1. The van der Waals surface area contributed by atoms with E-state index in [-0.39, 0.29) is 46.7 Å². The largest absolute Gasteiger partial charge is 0.341 e. The van der Waals surface area contributed by atoms with Gasteiger partial charge in [-0.2, -0.15) is 0 Å². The minimum absolute atomic E-state index is 0.0297. The van der Waals surface area contributed by atoms with Gasteiger partial charge in [0.2, 0.25) is 5.91 Å². The van der Waals surface area contributed by atoms with Crippen molar-refractivity contribution < 1.29 is 18.8 Å². The average Bonchev–Trinajstić information content (AvgIpc) is 3.48. The maximum atomic E-state index is 14.5. The quantitative estimate of drug-likeness (QED) is 0.387. The van der Waals surface area contributed by atoms with E-state index in [4.69, 9.17) is 0 Å². The van der Waals surface area contributed by atoms with Crippen molar-refractivity contribution >= 4 is 28.5 Å². The summed E-state index contributed by atoms with van der Waals surface area (Å²) >= 11 is 0. The first-order valence-corrected chi connectivity index (χ1v) is 15.1. The molecule has 1 N–H and O–H groups in total. The number of Topliss-reactive ketones (excluding diaryl/α,β-unsaturated/α-hetero) is 1. The number of pyridine rings is 1. The lowest BCUT2D eigenvalue weighted by atomic mass is 9.87. The van der Waals surface area contributed by atoms with Crippen molar-refractivity contribution in [3.8, 4) is 5.69 Å². The maximum absolute atomic E-state index is 14.5. The van der Waals surface area contributed by atoms with E-state index in [0.717, 1.165) is 18.2 Å². The van der Waals surface area contributed by atoms with Crippen LogP contribution in [0.5, 0.6) is 0 Å². The van der Waals surface area contributed by atoms with Crippen molar-refractivity contribution in [3.63, 3.8) is 0 Å². The molecule has 3 aromatic rings. The number of amides is 2. The molecule has 224 valence electrons. The summed E-state index contributed by atoms with van der Waals surface area (Å²) in [6, 6.07) is 5.83. The number of nitrogens with one attached hydrogen (secondary N) is 1.